The second-order valence-electron chi connectivity index (χ2n) is 5.90. The molecule has 0 fully saturated rings. The van der Waals surface area contributed by atoms with E-state index in [9.17, 15) is 14.9 Å². The molecule has 0 saturated heterocycles. The maximum atomic E-state index is 12.5. The van der Waals surface area contributed by atoms with E-state index in [0.717, 1.165) is 0 Å². The fraction of sp³-hybridized carbons (Fsp3) is 0.111. The lowest BCUT2D eigenvalue weighted by atomic mass is 10.2. The van der Waals surface area contributed by atoms with Gasteiger partial charge in [-0.3, -0.25) is 19.6 Å². The Kier molecular flexibility index (Phi) is 5.53. The summed E-state index contributed by atoms with van der Waals surface area (Å²) >= 11 is 11.9. The van der Waals surface area contributed by atoms with Crippen molar-refractivity contribution in [2.45, 2.75) is 6.92 Å². The van der Waals surface area contributed by atoms with Crippen LogP contribution in [0.4, 0.5) is 11.4 Å². The molecular formula is C18H14Cl2N4O4. The Bertz CT molecular complexity index is 1080. The molecule has 2 aromatic carbocycles. The second-order valence-corrected chi connectivity index (χ2v) is 6.74. The number of aromatic nitrogens is 2. The minimum Gasteiger partial charge on any atom is -0.455 e. The number of non-ortho nitro benzene ring substituents is 1. The van der Waals surface area contributed by atoms with Gasteiger partial charge in [0, 0.05) is 24.2 Å². The van der Waals surface area contributed by atoms with Crippen LogP contribution in [0, 0.1) is 17.0 Å². The summed E-state index contributed by atoms with van der Waals surface area (Å²) in [5.41, 5.74) is 0.928. The van der Waals surface area contributed by atoms with E-state index in [4.69, 9.17) is 27.9 Å². The summed E-state index contributed by atoms with van der Waals surface area (Å²) < 4.78 is 7.07. The molecule has 144 valence electrons. The third-order valence-corrected chi connectivity index (χ3v) is 4.25. The fourth-order valence-electron chi connectivity index (χ4n) is 2.52. The molecule has 0 aliphatic heterocycles. The topological polar surface area (TPSA) is 99.3 Å². The molecule has 1 N–H and O–H groups in total. The van der Waals surface area contributed by atoms with Crippen molar-refractivity contribution in [3.8, 4) is 11.5 Å². The van der Waals surface area contributed by atoms with Crippen LogP contribution in [0.2, 0.25) is 10.0 Å². The number of aryl methyl sites for hydroxylation is 2. The Balaban J connectivity index is 1.92. The first-order valence-electron chi connectivity index (χ1n) is 7.97. The first-order valence-corrected chi connectivity index (χ1v) is 8.73. The average molecular weight is 421 g/mol. The lowest BCUT2D eigenvalue weighted by Crippen LogP contribution is -2.16. The summed E-state index contributed by atoms with van der Waals surface area (Å²) in [5.74, 6) is -0.0555. The molecule has 3 rings (SSSR count). The van der Waals surface area contributed by atoms with Gasteiger partial charge in [0.25, 0.3) is 11.6 Å². The van der Waals surface area contributed by atoms with E-state index in [-0.39, 0.29) is 27.9 Å². The normalized spacial score (nSPS) is 10.6. The summed E-state index contributed by atoms with van der Waals surface area (Å²) in [4.78, 5) is 23.2. The largest absolute Gasteiger partial charge is 0.455 e. The number of rotatable bonds is 5. The summed E-state index contributed by atoms with van der Waals surface area (Å²) in [6.07, 6.45) is 0. The Morgan fingerprint density at radius 1 is 1.21 bits per heavy atom. The molecule has 0 aliphatic carbocycles. The lowest BCUT2D eigenvalue weighted by molar-refractivity contribution is -0.384. The number of nitrogens with zero attached hydrogens (tertiary/aromatic N) is 3. The maximum Gasteiger partial charge on any atom is 0.275 e. The van der Waals surface area contributed by atoms with Gasteiger partial charge < -0.3 is 10.1 Å². The highest BCUT2D eigenvalue weighted by molar-refractivity contribution is 6.35. The lowest BCUT2D eigenvalue weighted by Gasteiger charge is -2.11. The van der Waals surface area contributed by atoms with Gasteiger partial charge in [-0.05, 0) is 31.2 Å². The predicted octanol–water partition coefficient (Wildman–Crippen LogP) is 4.99. The smallest absolute Gasteiger partial charge is 0.275 e. The number of carbonyl (C=O) groups excluding carboxylic acids is 1. The SMILES string of the molecule is Cc1cc(C(=O)Nc2cc(Oc3ccc(Cl)cc3Cl)cc([N+](=O)[O-])c2)n(C)n1. The van der Waals surface area contributed by atoms with Crippen LogP contribution in [0.25, 0.3) is 0 Å². The Labute approximate surface area is 169 Å². The molecule has 28 heavy (non-hydrogen) atoms. The van der Waals surface area contributed by atoms with Gasteiger partial charge in [0.05, 0.1) is 27.4 Å². The van der Waals surface area contributed by atoms with Gasteiger partial charge in [-0.2, -0.15) is 5.10 Å². The van der Waals surface area contributed by atoms with Crippen molar-refractivity contribution in [2.24, 2.45) is 7.05 Å². The number of nitro groups is 1. The zero-order chi connectivity index (χ0) is 20.4. The van der Waals surface area contributed by atoms with Crippen LogP contribution in [-0.2, 0) is 7.05 Å². The van der Waals surface area contributed by atoms with Gasteiger partial charge in [-0.15, -0.1) is 0 Å². The van der Waals surface area contributed by atoms with Crippen LogP contribution in [0.3, 0.4) is 0 Å². The van der Waals surface area contributed by atoms with E-state index < -0.39 is 10.8 Å². The van der Waals surface area contributed by atoms with Crippen LogP contribution < -0.4 is 10.1 Å². The number of nitrogens with one attached hydrogen (secondary N) is 1. The number of halogens is 2. The van der Waals surface area contributed by atoms with Crippen molar-refractivity contribution in [1.29, 1.82) is 0 Å². The molecular weight excluding hydrogens is 407 g/mol. The number of hydrogen-bond donors (Lipinski definition) is 1. The summed E-state index contributed by atoms with van der Waals surface area (Å²) in [5, 5.41) is 18.7. The molecule has 10 heteroatoms. The van der Waals surface area contributed by atoms with Crippen molar-refractivity contribution in [2.75, 3.05) is 5.32 Å². The van der Waals surface area contributed by atoms with E-state index in [2.05, 4.69) is 10.4 Å². The highest BCUT2D eigenvalue weighted by Gasteiger charge is 2.17. The molecule has 0 radical (unpaired) electrons. The second kappa shape index (κ2) is 7.87. The number of ether oxygens (including phenoxy) is 1. The summed E-state index contributed by atoms with van der Waals surface area (Å²) in [7, 11) is 1.63. The Hall–Kier alpha value is -3.10. The molecule has 0 bridgehead atoms. The Morgan fingerprint density at radius 3 is 2.57 bits per heavy atom. The predicted molar refractivity (Wildman–Crippen MR) is 106 cm³/mol. The quantitative estimate of drug-likeness (QED) is 0.462. The summed E-state index contributed by atoms with van der Waals surface area (Å²) in [6, 6.07) is 10.1. The van der Waals surface area contributed by atoms with Crippen molar-refractivity contribution in [1.82, 2.24) is 9.78 Å². The molecule has 0 aliphatic rings. The standard InChI is InChI=1S/C18H14Cl2N4O4/c1-10-5-16(23(2)22-10)18(25)21-12-7-13(24(26)27)9-14(8-12)28-17-4-3-11(19)6-15(17)20/h3-9H,1-2H3,(H,21,25). The molecule has 1 heterocycles. The highest BCUT2D eigenvalue weighted by Crippen LogP contribution is 2.34. The third-order valence-electron chi connectivity index (χ3n) is 3.72. The molecule has 0 unspecified atom stereocenters. The van der Waals surface area contributed by atoms with Gasteiger partial charge in [0.1, 0.15) is 17.2 Å². The highest BCUT2D eigenvalue weighted by atomic mass is 35.5. The summed E-state index contributed by atoms with van der Waals surface area (Å²) in [6.45, 7) is 1.76. The van der Waals surface area contributed by atoms with Gasteiger partial charge in [0.2, 0.25) is 0 Å². The average Bonchev–Trinajstić information content (AvgIpc) is 2.95. The number of nitro benzene ring substituents is 1. The minimum absolute atomic E-state index is 0.134. The third kappa shape index (κ3) is 4.41. The monoisotopic (exact) mass is 420 g/mol. The van der Waals surface area contributed by atoms with Crippen LogP contribution in [0.5, 0.6) is 11.5 Å². The number of anilines is 1. The van der Waals surface area contributed by atoms with E-state index in [0.29, 0.717) is 16.4 Å². The molecule has 8 nitrogen and oxygen atoms in total. The van der Waals surface area contributed by atoms with E-state index in [1.54, 1.807) is 32.2 Å². The molecule has 0 spiro atoms. The molecule has 1 amide bonds. The van der Waals surface area contributed by atoms with Crippen molar-refractivity contribution >= 4 is 40.5 Å². The van der Waals surface area contributed by atoms with E-state index >= 15 is 0 Å². The Morgan fingerprint density at radius 2 is 1.96 bits per heavy atom. The molecule has 0 atom stereocenters. The van der Waals surface area contributed by atoms with E-state index in [1.807, 2.05) is 0 Å². The van der Waals surface area contributed by atoms with E-state index in [1.165, 1.54) is 28.9 Å². The van der Waals surface area contributed by atoms with Gasteiger partial charge >= 0.3 is 0 Å². The number of amides is 1. The molecule has 3 aromatic rings. The zero-order valence-corrected chi connectivity index (χ0v) is 16.3. The van der Waals surface area contributed by atoms with Crippen molar-refractivity contribution in [3.05, 3.63) is 74.0 Å². The fourth-order valence-corrected chi connectivity index (χ4v) is 2.97. The minimum atomic E-state index is -0.583. The van der Waals surface area contributed by atoms with Crippen LogP contribution >= 0.6 is 23.2 Å². The molecule has 1 aromatic heterocycles. The van der Waals surface area contributed by atoms with Crippen LogP contribution in [0.1, 0.15) is 16.2 Å². The van der Waals surface area contributed by atoms with Gasteiger partial charge in [-0.1, -0.05) is 23.2 Å². The van der Waals surface area contributed by atoms with Gasteiger partial charge in [0.15, 0.2) is 0 Å². The number of carbonyl (C=O) groups is 1. The van der Waals surface area contributed by atoms with Crippen LogP contribution in [0.15, 0.2) is 42.5 Å². The van der Waals surface area contributed by atoms with Gasteiger partial charge in [-0.25, -0.2) is 0 Å². The van der Waals surface area contributed by atoms with Crippen LogP contribution in [-0.4, -0.2) is 20.6 Å². The van der Waals surface area contributed by atoms with Crippen molar-refractivity contribution in [3.63, 3.8) is 0 Å². The van der Waals surface area contributed by atoms with Crippen molar-refractivity contribution < 1.29 is 14.5 Å². The molecule has 0 saturated carbocycles. The first kappa shape index (κ1) is 19.7. The zero-order valence-electron chi connectivity index (χ0n) is 14.8. The maximum absolute atomic E-state index is 12.5. The first-order chi connectivity index (χ1) is 13.2. The number of hydrogen-bond acceptors (Lipinski definition) is 5. The number of benzene rings is 2.